The highest BCUT2D eigenvalue weighted by molar-refractivity contribution is 5.89. The van der Waals surface area contributed by atoms with Gasteiger partial charge < -0.3 is 5.11 Å². The molecule has 1 heterocycles. The van der Waals surface area contributed by atoms with Gasteiger partial charge in [0.25, 0.3) is 5.69 Å². The highest BCUT2D eigenvalue weighted by Crippen LogP contribution is 2.25. The zero-order valence-electron chi connectivity index (χ0n) is 11.0. The van der Waals surface area contributed by atoms with E-state index in [0.29, 0.717) is 0 Å². The van der Waals surface area contributed by atoms with Crippen LogP contribution in [-0.4, -0.2) is 25.8 Å². The summed E-state index contributed by atoms with van der Waals surface area (Å²) >= 11 is 0. The average molecular weight is 275 g/mol. The summed E-state index contributed by atoms with van der Waals surface area (Å²) < 4.78 is 1.39. The van der Waals surface area contributed by atoms with Crippen molar-refractivity contribution in [1.82, 2.24) is 9.78 Å². The molecule has 0 unspecified atom stereocenters. The first-order valence-electron chi connectivity index (χ1n) is 5.98. The van der Waals surface area contributed by atoms with E-state index in [1.165, 1.54) is 16.8 Å². The third-order valence-electron chi connectivity index (χ3n) is 2.87. The van der Waals surface area contributed by atoms with Crippen molar-refractivity contribution in [2.75, 3.05) is 0 Å². The fourth-order valence-corrected chi connectivity index (χ4v) is 1.78. The number of nitro benzene ring substituents is 1. The molecule has 0 bridgehead atoms. The Labute approximate surface area is 114 Å². The third-order valence-corrected chi connectivity index (χ3v) is 2.87. The van der Waals surface area contributed by atoms with E-state index in [2.05, 4.69) is 5.10 Å². The molecule has 0 aliphatic heterocycles. The number of nitro groups is 1. The second kappa shape index (κ2) is 5.12. The van der Waals surface area contributed by atoms with Crippen molar-refractivity contribution in [1.29, 1.82) is 0 Å². The average Bonchev–Trinajstić information content (AvgIpc) is 2.87. The van der Waals surface area contributed by atoms with Crippen LogP contribution in [0.4, 0.5) is 5.69 Å². The Kier molecular flexibility index (Phi) is 3.51. The SMILES string of the molecule is CC(C)c1ccn(-c2ccc(C(=O)O)cc2[N+](=O)[O-])n1. The van der Waals surface area contributed by atoms with E-state index >= 15 is 0 Å². The van der Waals surface area contributed by atoms with Crippen molar-refractivity contribution in [3.8, 4) is 5.69 Å². The molecule has 0 saturated carbocycles. The topological polar surface area (TPSA) is 98.3 Å². The lowest BCUT2D eigenvalue weighted by Gasteiger charge is -2.04. The molecule has 104 valence electrons. The Bertz CT molecular complexity index is 676. The molecule has 1 aromatic heterocycles. The molecule has 0 fully saturated rings. The molecule has 0 saturated heterocycles. The Balaban J connectivity index is 2.55. The van der Waals surface area contributed by atoms with Gasteiger partial charge in [0, 0.05) is 12.3 Å². The van der Waals surface area contributed by atoms with Crippen molar-refractivity contribution >= 4 is 11.7 Å². The number of rotatable bonds is 4. The van der Waals surface area contributed by atoms with Gasteiger partial charge in [0.2, 0.25) is 0 Å². The minimum absolute atomic E-state index is 0.128. The quantitative estimate of drug-likeness (QED) is 0.683. The Morgan fingerprint density at radius 2 is 2.10 bits per heavy atom. The third kappa shape index (κ3) is 2.51. The predicted octanol–water partition coefficient (Wildman–Crippen LogP) is 2.60. The molecule has 7 heteroatoms. The Hall–Kier alpha value is -2.70. The van der Waals surface area contributed by atoms with Crippen molar-refractivity contribution in [3.63, 3.8) is 0 Å². The molecule has 0 spiro atoms. The van der Waals surface area contributed by atoms with Crippen LogP contribution < -0.4 is 0 Å². The van der Waals surface area contributed by atoms with Crippen molar-refractivity contribution < 1.29 is 14.8 Å². The molecule has 0 atom stereocenters. The predicted molar refractivity (Wildman–Crippen MR) is 71.3 cm³/mol. The number of hydrogen-bond donors (Lipinski definition) is 1. The first-order valence-corrected chi connectivity index (χ1v) is 5.98. The van der Waals surface area contributed by atoms with Gasteiger partial charge in [-0.15, -0.1) is 0 Å². The molecule has 1 aromatic carbocycles. The summed E-state index contributed by atoms with van der Waals surface area (Å²) in [6.07, 6.45) is 1.62. The van der Waals surface area contributed by atoms with Crippen LogP contribution in [0.1, 0.15) is 35.8 Å². The molecule has 0 aliphatic rings. The van der Waals surface area contributed by atoms with Crippen LogP contribution in [0.3, 0.4) is 0 Å². The van der Waals surface area contributed by atoms with Gasteiger partial charge in [0.15, 0.2) is 0 Å². The van der Waals surface area contributed by atoms with E-state index in [0.717, 1.165) is 11.8 Å². The molecular weight excluding hydrogens is 262 g/mol. The maximum Gasteiger partial charge on any atom is 0.335 e. The van der Waals surface area contributed by atoms with Crippen LogP contribution in [0.25, 0.3) is 5.69 Å². The Morgan fingerprint density at radius 3 is 2.60 bits per heavy atom. The van der Waals surface area contributed by atoms with Gasteiger partial charge in [-0.3, -0.25) is 10.1 Å². The summed E-state index contributed by atoms with van der Waals surface area (Å²) in [4.78, 5) is 21.3. The maximum absolute atomic E-state index is 11.1. The molecular formula is C13H13N3O4. The van der Waals surface area contributed by atoms with Gasteiger partial charge >= 0.3 is 5.97 Å². The van der Waals surface area contributed by atoms with E-state index in [1.807, 2.05) is 13.8 Å². The number of carboxylic acids is 1. The minimum Gasteiger partial charge on any atom is -0.478 e. The van der Waals surface area contributed by atoms with Crippen molar-refractivity contribution in [2.45, 2.75) is 19.8 Å². The zero-order valence-corrected chi connectivity index (χ0v) is 11.0. The molecule has 0 amide bonds. The Morgan fingerprint density at radius 1 is 1.40 bits per heavy atom. The number of hydrogen-bond acceptors (Lipinski definition) is 4. The monoisotopic (exact) mass is 275 g/mol. The lowest BCUT2D eigenvalue weighted by Crippen LogP contribution is -2.04. The number of aromatic nitrogens is 2. The summed E-state index contributed by atoms with van der Waals surface area (Å²) in [6.45, 7) is 3.93. The van der Waals surface area contributed by atoms with Gasteiger partial charge in [-0.25, -0.2) is 9.48 Å². The molecule has 7 nitrogen and oxygen atoms in total. The summed E-state index contributed by atoms with van der Waals surface area (Å²) in [7, 11) is 0. The van der Waals surface area contributed by atoms with Crippen LogP contribution in [-0.2, 0) is 0 Å². The molecule has 1 N–H and O–H groups in total. The molecule has 2 aromatic rings. The van der Waals surface area contributed by atoms with E-state index in [4.69, 9.17) is 5.11 Å². The van der Waals surface area contributed by atoms with E-state index in [-0.39, 0.29) is 22.9 Å². The lowest BCUT2D eigenvalue weighted by atomic mass is 10.1. The van der Waals surface area contributed by atoms with Gasteiger partial charge in [-0.05, 0) is 24.1 Å². The van der Waals surface area contributed by atoms with E-state index in [9.17, 15) is 14.9 Å². The van der Waals surface area contributed by atoms with Gasteiger partial charge in [0.05, 0.1) is 16.2 Å². The van der Waals surface area contributed by atoms with Crippen molar-refractivity contribution in [3.05, 3.63) is 51.8 Å². The summed E-state index contributed by atoms with van der Waals surface area (Å²) in [5.41, 5.74) is 0.633. The maximum atomic E-state index is 11.1. The number of aromatic carboxylic acids is 1. The van der Waals surface area contributed by atoms with Crippen LogP contribution >= 0.6 is 0 Å². The highest BCUT2D eigenvalue weighted by Gasteiger charge is 2.19. The first-order chi connectivity index (χ1) is 9.40. The van der Waals surface area contributed by atoms with Crippen LogP contribution in [0.15, 0.2) is 30.5 Å². The first kappa shape index (κ1) is 13.7. The fourth-order valence-electron chi connectivity index (χ4n) is 1.78. The normalized spacial score (nSPS) is 10.8. The summed E-state index contributed by atoms with van der Waals surface area (Å²) in [5, 5.41) is 24.2. The lowest BCUT2D eigenvalue weighted by molar-refractivity contribution is -0.384. The summed E-state index contributed by atoms with van der Waals surface area (Å²) in [6, 6.07) is 5.52. The summed E-state index contributed by atoms with van der Waals surface area (Å²) in [5.74, 6) is -1.00. The zero-order chi connectivity index (χ0) is 14.9. The van der Waals surface area contributed by atoms with Crippen LogP contribution in [0.5, 0.6) is 0 Å². The van der Waals surface area contributed by atoms with E-state index in [1.54, 1.807) is 12.3 Å². The number of carboxylic acid groups (broad SMARTS) is 1. The molecule has 0 radical (unpaired) electrons. The second-order valence-electron chi connectivity index (χ2n) is 4.61. The van der Waals surface area contributed by atoms with E-state index < -0.39 is 10.9 Å². The molecule has 2 rings (SSSR count). The smallest absolute Gasteiger partial charge is 0.335 e. The second-order valence-corrected chi connectivity index (χ2v) is 4.61. The van der Waals surface area contributed by atoms with Crippen molar-refractivity contribution in [2.24, 2.45) is 0 Å². The van der Waals surface area contributed by atoms with Crippen LogP contribution in [0.2, 0.25) is 0 Å². The fraction of sp³-hybridized carbons (Fsp3) is 0.231. The molecule has 20 heavy (non-hydrogen) atoms. The molecule has 0 aliphatic carbocycles. The highest BCUT2D eigenvalue weighted by atomic mass is 16.6. The number of nitrogens with zero attached hydrogens (tertiary/aromatic N) is 3. The standard InChI is InChI=1S/C13H13N3O4/c1-8(2)10-5-6-15(14-10)11-4-3-9(13(17)18)7-12(11)16(19)20/h3-8H,1-2H3,(H,17,18). The minimum atomic E-state index is -1.21. The van der Waals surface area contributed by atoms with Gasteiger partial charge in [-0.1, -0.05) is 13.8 Å². The number of carbonyl (C=O) groups is 1. The number of benzene rings is 1. The largest absolute Gasteiger partial charge is 0.478 e. The van der Waals surface area contributed by atoms with Crippen LogP contribution in [0, 0.1) is 10.1 Å². The van der Waals surface area contributed by atoms with Gasteiger partial charge in [-0.2, -0.15) is 5.10 Å². The van der Waals surface area contributed by atoms with Gasteiger partial charge in [0.1, 0.15) is 5.69 Å².